The smallest absolute Gasteiger partial charge is 0.0579 e. The molecule has 0 aliphatic carbocycles. The Morgan fingerprint density at radius 1 is 0.800 bits per heavy atom. The predicted molar refractivity (Wildman–Crippen MR) is 107 cm³/mol. The Labute approximate surface area is 150 Å². The highest BCUT2D eigenvalue weighted by Gasteiger charge is 2.18. The van der Waals surface area contributed by atoms with Gasteiger partial charge < -0.3 is 15.5 Å². The third-order valence-corrected chi connectivity index (χ3v) is 5.47. The van der Waals surface area contributed by atoms with Gasteiger partial charge >= 0.3 is 0 Å². The van der Waals surface area contributed by atoms with Gasteiger partial charge in [0.25, 0.3) is 0 Å². The van der Waals surface area contributed by atoms with Crippen molar-refractivity contribution in [3.05, 3.63) is 53.1 Å². The van der Waals surface area contributed by atoms with Crippen LogP contribution in [0.25, 0.3) is 0 Å². The van der Waals surface area contributed by atoms with Gasteiger partial charge in [0, 0.05) is 51.5 Å². The van der Waals surface area contributed by atoms with Crippen LogP contribution in [-0.4, -0.2) is 44.2 Å². The Morgan fingerprint density at radius 2 is 1.56 bits per heavy atom. The SMILES string of the molecule is Cc1ccc(N2CCN(Cc3ccc4c(c3)NCCN4)CC2)cc1C. The first-order valence-corrected chi connectivity index (χ1v) is 9.34. The number of nitrogens with one attached hydrogen (secondary N) is 2. The standard InChI is InChI=1S/C21H28N4/c1-16-3-5-19(13-17(16)2)25-11-9-24(10-12-25)15-18-4-6-20-21(14-18)23-8-7-22-20/h3-6,13-14,22-23H,7-12,15H2,1-2H3. The topological polar surface area (TPSA) is 30.5 Å². The van der Waals surface area contributed by atoms with E-state index in [1.54, 1.807) is 0 Å². The van der Waals surface area contributed by atoms with Crippen LogP contribution in [0.15, 0.2) is 36.4 Å². The van der Waals surface area contributed by atoms with Crippen LogP contribution in [0.1, 0.15) is 16.7 Å². The highest BCUT2D eigenvalue weighted by molar-refractivity contribution is 5.71. The van der Waals surface area contributed by atoms with Crippen molar-refractivity contribution in [2.45, 2.75) is 20.4 Å². The molecule has 0 spiro atoms. The van der Waals surface area contributed by atoms with Crippen molar-refractivity contribution >= 4 is 17.1 Å². The van der Waals surface area contributed by atoms with Gasteiger partial charge in [-0.2, -0.15) is 0 Å². The molecule has 1 saturated heterocycles. The maximum Gasteiger partial charge on any atom is 0.0579 e. The van der Waals surface area contributed by atoms with E-state index in [1.807, 2.05) is 0 Å². The molecule has 0 unspecified atom stereocenters. The van der Waals surface area contributed by atoms with Crippen LogP contribution in [0, 0.1) is 13.8 Å². The average molecular weight is 336 g/mol. The Kier molecular flexibility index (Phi) is 4.53. The molecule has 0 aromatic heterocycles. The summed E-state index contributed by atoms with van der Waals surface area (Å²) >= 11 is 0. The number of rotatable bonds is 3. The Bertz CT molecular complexity index is 748. The lowest BCUT2D eigenvalue weighted by molar-refractivity contribution is 0.250. The van der Waals surface area contributed by atoms with Crippen LogP contribution in [0.4, 0.5) is 17.1 Å². The zero-order valence-electron chi connectivity index (χ0n) is 15.3. The number of hydrogen-bond acceptors (Lipinski definition) is 4. The lowest BCUT2D eigenvalue weighted by Gasteiger charge is -2.36. The zero-order valence-corrected chi connectivity index (χ0v) is 15.3. The van der Waals surface area contributed by atoms with Gasteiger partial charge in [-0.05, 0) is 54.8 Å². The van der Waals surface area contributed by atoms with E-state index in [1.165, 1.54) is 33.8 Å². The first kappa shape index (κ1) is 16.3. The summed E-state index contributed by atoms with van der Waals surface area (Å²) in [6.07, 6.45) is 0. The number of benzene rings is 2. The van der Waals surface area contributed by atoms with Gasteiger partial charge in [0.1, 0.15) is 0 Å². The van der Waals surface area contributed by atoms with Crippen molar-refractivity contribution in [1.82, 2.24) is 4.90 Å². The molecule has 0 radical (unpaired) electrons. The molecule has 25 heavy (non-hydrogen) atoms. The molecule has 0 saturated carbocycles. The number of anilines is 3. The van der Waals surface area contributed by atoms with Gasteiger partial charge in [-0.3, -0.25) is 4.90 Å². The summed E-state index contributed by atoms with van der Waals surface area (Å²) in [4.78, 5) is 5.08. The number of nitrogens with zero attached hydrogens (tertiary/aromatic N) is 2. The van der Waals surface area contributed by atoms with Gasteiger partial charge in [-0.1, -0.05) is 12.1 Å². The quantitative estimate of drug-likeness (QED) is 0.899. The predicted octanol–water partition coefficient (Wildman–Crippen LogP) is 3.46. The van der Waals surface area contributed by atoms with Crippen LogP contribution in [0.5, 0.6) is 0 Å². The summed E-state index contributed by atoms with van der Waals surface area (Å²) < 4.78 is 0. The van der Waals surface area contributed by atoms with Crippen LogP contribution >= 0.6 is 0 Å². The molecule has 4 rings (SSSR count). The van der Waals surface area contributed by atoms with Gasteiger partial charge in [-0.15, -0.1) is 0 Å². The van der Waals surface area contributed by atoms with Gasteiger partial charge in [0.05, 0.1) is 11.4 Å². The van der Waals surface area contributed by atoms with Crippen molar-refractivity contribution in [1.29, 1.82) is 0 Å². The van der Waals surface area contributed by atoms with Crippen LogP contribution in [0.3, 0.4) is 0 Å². The van der Waals surface area contributed by atoms with Crippen LogP contribution in [-0.2, 0) is 6.54 Å². The number of hydrogen-bond donors (Lipinski definition) is 2. The van der Waals surface area contributed by atoms with Gasteiger partial charge in [0.15, 0.2) is 0 Å². The molecule has 2 aromatic rings. The molecule has 2 N–H and O–H groups in total. The van der Waals surface area contributed by atoms with Gasteiger partial charge in [-0.25, -0.2) is 0 Å². The summed E-state index contributed by atoms with van der Waals surface area (Å²) in [6.45, 7) is 11.9. The highest BCUT2D eigenvalue weighted by Crippen LogP contribution is 2.26. The van der Waals surface area contributed by atoms with E-state index in [2.05, 4.69) is 70.7 Å². The summed E-state index contributed by atoms with van der Waals surface area (Å²) in [5.41, 5.74) is 8.00. The minimum atomic E-state index is 1.01. The van der Waals surface area contributed by atoms with E-state index in [-0.39, 0.29) is 0 Å². The van der Waals surface area contributed by atoms with Crippen molar-refractivity contribution in [3.63, 3.8) is 0 Å². The summed E-state index contributed by atoms with van der Waals surface area (Å²) in [6, 6.07) is 13.6. The van der Waals surface area contributed by atoms with E-state index >= 15 is 0 Å². The number of aryl methyl sites for hydroxylation is 2. The van der Waals surface area contributed by atoms with Crippen LogP contribution in [0.2, 0.25) is 0 Å². The second kappa shape index (κ2) is 6.96. The fraction of sp³-hybridized carbons (Fsp3) is 0.429. The summed E-state index contributed by atoms with van der Waals surface area (Å²) in [5, 5.41) is 6.93. The van der Waals surface area contributed by atoms with Crippen molar-refractivity contribution in [2.24, 2.45) is 0 Å². The maximum atomic E-state index is 3.49. The summed E-state index contributed by atoms with van der Waals surface area (Å²) in [7, 11) is 0. The minimum Gasteiger partial charge on any atom is -0.382 e. The Balaban J connectivity index is 1.36. The van der Waals surface area contributed by atoms with E-state index in [0.717, 1.165) is 45.8 Å². The van der Waals surface area contributed by atoms with Gasteiger partial charge in [0.2, 0.25) is 0 Å². The summed E-state index contributed by atoms with van der Waals surface area (Å²) in [5.74, 6) is 0. The third-order valence-electron chi connectivity index (χ3n) is 5.47. The highest BCUT2D eigenvalue weighted by atomic mass is 15.3. The third kappa shape index (κ3) is 3.59. The number of fused-ring (bicyclic) bond motifs is 1. The molecule has 2 aliphatic rings. The molecule has 0 bridgehead atoms. The lowest BCUT2D eigenvalue weighted by atomic mass is 10.1. The fourth-order valence-electron chi connectivity index (χ4n) is 3.73. The first-order chi connectivity index (χ1) is 12.2. The second-order valence-electron chi connectivity index (χ2n) is 7.27. The van der Waals surface area contributed by atoms with E-state index in [0.29, 0.717) is 0 Å². The molecule has 4 nitrogen and oxygen atoms in total. The van der Waals surface area contributed by atoms with Crippen LogP contribution < -0.4 is 15.5 Å². The molecule has 2 aromatic carbocycles. The zero-order chi connectivity index (χ0) is 17.2. The number of piperazine rings is 1. The first-order valence-electron chi connectivity index (χ1n) is 9.34. The van der Waals surface area contributed by atoms with Crippen molar-refractivity contribution in [3.8, 4) is 0 Å². The molecule has 0 amide bonds. The van der Waals surface area contributed by atoms with Crippen molar-refractivity contribution < 1.29 is 0 Å². The minimum absolute atomic E-state index is 1.01. The Hall–Kier alpha value is -2.20. The molecular formula is C21H28N4. The Morgan fingerprint density at radius 3 is 2.32 bits per heavy atom. The molecule has 2 heterocycles. The lowest BCUT2D eigenvalue weighted by Crippen LogP contribution is -2.46. The van der Waals surface area contributed by atoms with E-state index in [4.69, 9.17) is 0 Å². The average Bonchev–Trinajstić information content (AvgIpc) is 2.65. The molecule has 132 valence electrons. The van der Waals surface area contributed by atoms with Crippen molar-refractivity contribution in [2.75, 3.05) is 54.8 Å². The molecule has 1 fully saturated rings. The maximum absolute atomic E-state index is 3.49. The largest absolute Gasteiger partial charge is 0.382 e. The molecule has 2 aliphatic heterocycles. The fourth-order valence-corrected chi connectivity index (χ4v) is 3.73. The van der Waals surface area contributed by atoms with E-state index in [9.17, 15) is 0 Å². The molecule has 0 atom stereocenters. The molecule has 4 heteroatoms. The normalized spacial score (nSPS) is 17.6. The van der Waals surface area contributed by atoms with E-state index < -0.39 is 0 Å². The second-order valence-corrected chi connectivity index (χ2v) is 7.27. The molecular weight excluding hydrogens is 308 g/mol. The monoisotopic (exact) mass is 336 g/mol.